The summed E-state index contributed by atoms with van der Waals surface area (Å²) < 4.78 is 6.69. The number of aromatic nitrogens is 1. The Morgan fingerprint density at radius 2 is 1.84 bits per heavy atom. The highest BCUT2D eigenvalue weighted by Gasteiger charge is 2.42. The first-order valence-corrected chi connectivity index (χ1v) is 11.9. The highest BCUT2D eigenvalue weighted by Crippen LogP contribution is 2.41. The van der Waals surface area contributed by atoms with Crippen LogP contribution in [0.1, 0.15) is 50.0 Å². The van der Waals surface area contributed by atoms with Gasteiger partial charge in [0.25, 0.3) is 5.91 Å². The van der Waals surface area contributed by atoms with Crippen LogP contribution < -0.4 is 5.73 Å². The summed E-state index contributed by atoms with van der Waals surface area (Å²) in [7, 11) is 0. The second kappa shape index (κ2) is 9.34. The number of likely N-dealkylation sites (tertiary alicyclic amines) is 1. The van der Waals surface area contributed by atoms with Crippen LogP contribution in [0.15, 0.2) is 24.3 Å². The zero-order chi connectivity index (χ0) is 21.8. The molecule has 1 aromatic heterocycles. The summed E-state index contributed by atoms with van der Waals surface area (Å²) in [5.41, 5.74) is 5.71. The molecule has 8 heteroatoms. The average molecular weight is 444 g/mol. The highest BCUT2D eigenvalue weighted by molar-refractivity contribution is 7.18. The van der Waals surface area contributed by atoms with Gasteiger partial charge in [-0.3, -0.25) is 14.4 Å². The third-order valence-corrected chi connectivity index (χ3v) is 7.68. The number of fused-ring (bicyclic) bond motifs is 1. The fraction of sp³-hybridized carbons (Fsp3) is 0.565. The van der Waals surface area contributed by atoms with E-state index in [0.717, 1.165) is 47.3 Å². The van der Waals surface area contributed by atoms with Gasteiger partial charge in [0, 0.05) is 25.4 Å². The lowest BCUT2D eigenvalue weighted by atomic mass is 9.72. The number of rotatable bonds is 6. The number of nitrogens with two attached hydrogens (primary N) is 1. The number of carbonyl (C=O) groups excluding carboxylic acids is 3. The van der Waals surface area contributed by atoms with E-state index in [-0.39, 0.29) is 30.3 Å². The molecule has 1 aliphatic carbocycles. The van der Waals surface area contributed by atoms with Gasteiger partial charge < -0.3 is 15.4 Å². The van der Waals surface area contributed by atoms with Gasteiger partial charge in [-0.1, -0.05) is 31.4 Å². The van der Waals surface area contributed by atoms with Crippen LogP contribution in [0.4, 0.5) is 0 Å². The molecule has 166 valence electrons. The van der Waals surface area contributed by atoms with Crippen molar-refractivity contribution in [3.63, 3.8) is 0 Å². The lowest BCUT2D eigenvalue weighted by molar-refractivity contribution is -0.163. The number of para-hydroxylation sites is 1. The zero-order valence-electron chi connectivity index (χ0n) is 17.7. The minimum atomic E-state index is -0.606. The lowest BCUT2D eigenvalue weighted by Gasteiger charge is -2.35. The Hall–Kier alpha value is -2.48. The predicted octanol–water partition coefficient (Wildman–Crippen LogP) is 3.06. The van der Waals surface area contributed by atoms with Crippen molar-refractivity contribution in [2.24, 2.45) is 17.1 Å². The van der Waals surface area contributed by atoms with Crippen molar-refractivity contribution >= 4 is 39.3 Å². The molecule has 0 unspecified atom stereocenters. The quantitative estimate of drug-likeness (QED) is 0.691. The molecular weight excluding hydrogens is 414 g/mol. The number of primary amides is 1. The minimum Gasteiger partial charge on any atom is -0.455 e. The summed E-state index contributed by atoms with van der Waals surface area (Å²) in [5.74, 6) is -0.979. The lowest BCUT2D eigenvalue weighted by Crippen LogP contribution is -2.44. The van der Waals surface area contributed by atoms with Gasteiger partial charge in [0.1, 0.15) is 0 Å². The highest BCUT2D eigenvalue weighted by atomic mass is 32.1. The molecule has 2 aromatic rings. The standard InChI is InChI=1S/C23H29N3O4S/c24-21(28)16-8-12-26(13-9-16)20(27)15-30-22(29)23(10-4-1-5-11-23)14-19-25-17-6-2-3-7-18(17)31-19/h2-3,6-7,16H,1,4-5,8-15H2,(H2,24,28). The van der Waals surface area contributed by atoms with Crippen molar-refractivity contribution in [3.05, 3.63) is 29.3 Å². The monoisotopic (exact) mass is 443 g/mol. The van der Waals surface area contributed by atoms with E-state index in [2.05, 4.69) is 0 Å². The van der Waals surface area contributed by atoms with Gasteiger partial charge in [-0.2, -0.15) is 0 Å². The largest absolute Gasteiger partial charge is 0.455 e. The molecule has 1 saturated heterocycles. The van der Waals surface area contributed by atoms with E-state index in [1.807, 2.05) is 24.3 Å². The van der Waals surface area contributed by atoms with Crippen LogP contribution in [0.5, 0.6) is 0 Å². The first-order chi connectivity index (χ1) is 15.0. The molecule has 0 radical (unpaired) electrons. The molecule has 0 spiro atoms. The molecule has 31 heavy (non-hydrogen) atoms. The van der Waals surface area contributed by atoms with Crippen molar-refractivity contribution in [2.75, 3.05) is 19.7 Å². The van der Waals surface area contributed by atoms with Crippen LogP contribution in [-0.2, 0) is 25.5 Å². The van der Waals surface area contributed by atoms with E-state index >= 15 is 0 Å². The molecule has 2 fully saturated rings. The van der Waals surface area contributed by atoms with Crippen molar-refractivity contribution in [1.29, 1.82) is 0 Å². The van der Waals surface area contributed by atoms with Crippen molar-refractivity contribution in [2.45, 2.75) is 51.4 Å². The second-order valence-corrected chi connectivity index (χ2v) is 9.84. The van der Waals surface area contributed by atoms with E-state index in [1.54, 1.807) is 16.2 Å². The van der Waals surface area contributed by atoms with Crippen LogP contribution in [0, 0.1) is 11.3 Å². The summed E-state index contributed by atoms with van der Waals surface area (Å²) >= 11 is 1.62. The first-order valence-electron chi connectivity index (χ1n) is 11.1. The number of hydrogen-bond donors (Lipinski definition) is 1. The molecule has 2 heterocycles. The SMILES string of the molecule is NC(=O)C1CCN(C(=O)COC(=O)C2(Cc3nc4ccccc4s3)CCCCC2)CC1. The van der Waals surface area contributed by atoms with Crippen molar-refractivity contribution in [3.8, 4) is 0 Å². The third kappa shape index (κ3) is 4.89. The fourth-order valence-corrected chi connectivity index (χ4v) is 5.86. The average Bonchev–Trinajstić information content (AvgIpc) is 3.20. The summed E-state index contributed by atoms with van der Waals surface area (Å²) in [5, 5.41) is 0.944. The molecule has 1 saturated carbocycles. The summed E-state index contributed by atoms with van der Waals surface area (Å²) in [4.78, 5) is 43.4. The van der Waals surface area contributed by atoms with E-state index < -0.39 is 5.41 Å². The molecule has 2 amide bonds. The molecular formula is C23H29N3O4S. The Balaban J connectivity index is 1.39. The third-order valence-electron chi connectivity index (χ3n) is 6.65. The Kier molecular flexibility index (Phi) is 6.55. The Labute approximate surface area is 185 Å². The Morgan fingerprint density at radius 1 is 1.13 bits per heavy atom. The van der Waals surface area contributed by atoms with E-state index in [9.17, 15) is 14.4 Å². The smallest absolute Gasteiger partial charge is 0.313 e. The number of benzene rings is 1. The van der Waals surface area contributed by atoms with Crippen molar-refractivity contribution < 1.29 is 19.1 Å². The number of amides is 2. The molecule has 1 aliphatic heterocycles. The summed E-state index contributed by atoms with van der Waals surface area (Å²) in [6.45, 7) is 0.698. The molecule has 2 N–H and O–H groups in total. The second-order valence-electron chi connectivity index (χ2n) is 8.73. The van der Waals surface area contributed by atoms with Crippen LogP contribution in [0.2, 0.25) is 0 Å². The number of piperidine rings is 1. The summed E-state index contributed by atoms with van der Waals surface area (Å²) in [6.07, 6.45) is 6.29. The number of nitrogens with zero attached hydrogens (tertiary/aromatic N) is 2. The summed E-state index contributed by atoms with van der Waals surface area (Å²) in [6, 6.07) is 7.99. The molecule has 4 rings (SSSR count). The number of ether oxygens (including phenoxy) is 1. The van der Waals surface area contributed by atoms with Crippen molar-refractivity contribution in [1.82, 2.24) is 9.88 Å². The topological polar surface area (TPSA) is 103 Å². The van der Waals surface area contributed by atoms with Crippen LogP contribution >= 0.6 is 11.3 Å². The van der Waals surface area contributed by atoms with Gasteiger partial charge in [0.2, 0.25) is 5.91 Å². The van der Waals surface area contributed by atoms with Crippen LogP contribution in [0.25, 0.3) is 10.2 Å². The van der Waals surface area contributed by atoms with Gasteiger partial charge in [0.05, 0.1) is 20.6 Å². The normalized spacial score (nSPS) is 19.3. The van der Waals surface area contributed by atoms with Gasteiger partial charge in [-0.05, 0) is 37.8 Å². The van der Waals surface area contributed by atoms with E-state index in [1.165, 1.54) is 0 Å². The van der Waals surface area contributed by atoms with Gasteiger partial charge in [0.15, 0.2) is 6.61 Å². The van der Waals surface area contributed by atoms with Crippen LogP contribution in [-0.4, -0.2) is 47.4 Å². The van der Waals surface area contributed by atoms with Gasteiger partial charge in [-0.25, -0.2) is 4.98 Å². The van der Waals surface area contributed by atoms with Gasteiger partial charge >= 0.3 is 5.97 Å². The van der Waals surface area contributed by atoms with E-state index in [0.29, 0.717) is 32.4 Å². The Morgan fingerprint density at radius 3 is 2.52 bits per heavy atom. The van der Waals surface area contributed by atoms with Gasteiger partial charge in [-0.15, -0.1) is 11.3 Å². The maximum atomic E-state index is 13.2. The van der Waals surface area contributed by atoms with Crippen LogP contribution in [0.3, 0.4) is 0 Å². The molecule has 1 aromatic carbocycles. The Bertz CT molecular complexity index is 926. The van der Waals surface area contributed by atoms with E-state index in [4.69, 9.17) is 15.5 Å². The first kappa shape index (κ1) is 21.7. The minimum absolute atomic E-state index is 0.175. The maximum absolute atomic E-state index is 13.2. The number of esters is 1. The fourth-order valence-electron chi connectivity index (χ4n) is 4.75. The maximum Gasteiger partial charge on any atom is 0.313 e. The number of thiazole rings is 1. The zero-order valence-corrected chi connectivity index (χ0v) is 18.5. The number of hydrogen-bond acceptors (Lipinski definition) is 6. The molecule has 7 nitrogen and oxygen atoms in total. The number of carbonyl (C=O) groups is 3. The molecule has 0 atom stereocenters. The molecule has 0 bridgehead atoms. The molecule has 2 aliphatic rings. The predicted molar refractivity (Wildman–Crippen MR) is 118 cm³/mol.